The molecule has 2 aromatic rings. The van der Waals surface area contributed by atoms with E-state index in [1.54, 1.807) is 16.9 Å². The number of aromatic nitrogens is 3. The van der Waals surface area contributed by atoms with Crippen molar-refractivity contribution in [3.63, 3.8) is 0 Å². The Bertz CT molecular complexity index is 734. The van der Waals surface area contributed by atoms with E-state index in [9.17, 15) is 4.79 Å². The summed E-state index contributed by atoms with van der Waals surface area (Å²) in [4.78, 5) is 16.3. The average Bonchev–Trinajstić information content (AvgIpc) is 3.20. The third kappa shape index (κ3) is 3.52. The molecule has 128 valence electrons. The molecule has 1 N–H and O–H groups in total. The quantitative estimate of drug-likeness (QED) is 0.892. The van der Waals surface area contributed by atoms with Gasteiger partial charge in [0.2, 0.25) is 5.88 Å². The number of nitrogens with one attached hydrogen (secondary N) is 1. The fraction of sp³-hybridized carbons (Fsp3) is 0.438. The summed E-state index contributed by atoms with van der Waals surface area (Å²) in [5.41, 5.74) is 1.43. The second-order valence-corrected chi connectivity index (χ2v) is 6.12. The van der Waals surface area contributed by atoms with E-state index in [1.807, 2.05) is 13.2 Å². The van der Waals surface area contributed by atoms with Crippen LogP contribution in [-0.4, -0.2) is 40.9 Å². The lowest BCUT2D eigenvalue weighted by Gasteiger charge is -2.17. The van der Waals surface area contributed by atoms with Gasteiger partial charge in [-0.05, 0) is 12.5 Å². The number of ether oxygens (including phenoxy) is 2. The Balaban J connectivity index is 1.62. The lowest BCUT2D eigenvalue weighted by Crippen LogP contribution is -2.30. The van der Waals surface area contributed by atoms with Crippen LogP contribution in [0.3, 0.4) is 0 Å². The van der Waals surface area contributed by atoms with Crippen molar-refractivity contribution in [3.8, 4) is 5.88 Å². The van der Waals surface area contributed by atoms with Gasteiger partial charge in [0.25, 0.3) is 5.91 Å². The van der Waals surface area contributed by atoms with Gasteiger partial charge in [-0.2, -0.15) is 5.10 Å². The van der Waals surface area contributed by atoms with Gasteiger partial charge in [-0.3, -0.25) is 9.48 Å². The maximum atomic E-state index is 12.3. The van der Waals surface area contributed by atoms with E-state index in [2.05, 4.69) is 15.4 Å². The van der Waals surface area contributed by atoms with E-state index >= 15 is 0 Å². The average molecular weight is 351 g/mol. The van der Waals surface area contributed by atoms with Crippen molar-refractivity contribution in [2.75, 3.05) is 20.3 Å². The Kier molecular flexibility index (Phi) is 5.01. The second kappa shape index (κ2) is 7.19. The van der Waals surface area contributed by atoms with E-state index in [0.717, 1.165) is 12.0 Å². The van der Waals surface area contributed by atoms with Gasteiger partial charge in [0.1, 0.15) is 5.02 Å². The maximum absolute atomic E-state index is 12.3. The number of carbonyl (C=O) groups is 1. The fourth-order valence-corrected chi connectivity index (χ4v) is 3.07. The lowest BCUT2D eigenvalue weighted by molar-refractivity contribution is 0.0846. The summed E-state index contributed by atoms with van der Waals surface area (Å²) in [5.74, 6) is 0.290. The third-order valence-corrected chi connectivity index (χ3v) is 4.33. The molecule has 0 saturated carbocycles. The molecule has 1 aliphatic rings. The normalized spacial score (nSPS) is 20.1. The first-order valence-corrected chi connectivity index (χ1v) is 8.04. The lowest BCUT2D eigenvalue weighted by atomic mass is 9.97. The summed E-state index contributed by atoms with van der Waals surface area (Å²) in [5, 5.41) is 7.41. The van der Waals surface area contributed by atoms with Crippen LogP contribution in [0.25, 0.3) is 0 Å². The van der Waals surface area contributed by atoms with Gasteiger partial charge in [0.05, 0.1) is 25.0 Å². The number of amides is 1. The summed E-state index contributed by atoms with van der Waals surface area (Å²) in [6.07, 6.45) is 6.04. The molecule has 1 saturated heterocycles. The summed E-state index contributed by atoms with van der Waals surface area (Å²) in [6.45, 7) is 1.19. The SMILES string of the molecule is COc1ncc(C(=O)NC[C@@H]2CCO[C@H]2c2cnn(C)c2)cc1Cl. The maximum Gasteiger partial charge on any atom is 0.252 e. The van der Waals surface area contributed by atoms with Crippen LogP contribution in [0.4, 0.5) is 0 Å². The predicted molar refractivity (Wildman–Crippen MR) is 88.1 cm³/mol. The Morgan fingerprint density at radius 1 is 1.54 bits per heavy atom. The number of methoxy groups -OCH3 is 1. The Morgan fingerprint density at radius 3 is 3.04 bits per heavy atom. The van der Waals surface area contributed by atoms with Gasteiger partial charge < -0.3 is 14.8 Å². The van der Waals surface area contributed by atoms with Gasteiger partial charge in [-0.25, -0.2) is 4.98 Å². The van der Waals surface area contributed by atoms with Crippen LogP contribution in [0.2, 0.25) is 5.02 Å². The standard InChI is InChI=1S/C16H19ClN4O3/c1-21-9-12(8-20-21)14-10(3-4-24-14)6-18-15(22)11-5-13(17)16(23-2)19-7-11/h5,7-10,14H,3-4,6H2,1-2H3,(H,18,22)/t10-,14+/m0/s1. The van der Waals surface area contributed by atoms with Crippen LogP contribution in [0.5, 0.6) is 5.88 Å². The number of hydrogen-bond donors (Lipinski definition) is 1. The van der Waals surface area contributed by atoms with E-state index in [0.29, 0.717) is 29.6 Å². The van der Waals surface area contributed by atoms with Gasteiger partial charge in [0.15, 0.2) is 0 Å². The van der Waals surface area contributed by atoms with Crippen LogP contribution < -0.4 is 10.1 Å². The highest BCUT2D eigenvalue weighted by Crippen LogP contribution is 2.33. The minimum atomic E-state index is -0.219. The molecule has 1 aliphatic heterocycles. The van der Waals surface area contributed by atoms with Crippen LogP contribution in [0.15, 0.2) is 24.7 Å². The zero-order valence-corrected chi connectivity index (χ0v) is 14.3. The predicted octanol–water partition coefficient (Wildman–Crippen LogP) is 1.98. The minimum Gasteiger partial charge on any atom is -0.480 e. The van der Waals surface area contributed by atoms with Gasteiger partial charge >= 0.3 is 0 Å². The number of rotatable bonds is 5. The molecular formula is C16H19ClN4O3. The van der Waals surface area contributed by atoms with E-state index < -0.39 is 0 Å². The molecule has 0 aromatic carbocycles. The summed E-state index contributed by atoms with van der Waals surface area (Å²) >= 11 is 6.01. The number of aryl methyl sites for hydroxylation is 1. The summed E-state index contributed by atoms with van der Waals surface area (Å²) < 4.78 is 12.5. The minimum absolute atomic E-state index is 0.0448. The molecule has 0 spiro atoms. The van der Waals surface area contributed by atoms with Crippen molar-refractivity contribution in [1.82, 2.24) is 20.1 Å². The third-order valence-electron chi connectivity index (χ3n) is 4.06. The van der Waals surface area contributed by atoms with E-state index in [-0.39, 0.29) is 17.9 Å². The molecule has 2 atom stereocenters. The van der Waals surface area contributed by atoms with Crippen LogP contribution in [0, 0.1) is 5.92 Å². The molecule has 2 aromatic heterocycles. The molecule has 3 heterocycles. The first kappa shape index (κ1) is 16.7. The molecule has 8 heteroatoms. The number of halogens is 1. The highest BCUT2D eigenvalue weighted by atomic mass is 35.5. The van der Waals surface area contributed by atoms with Gasteiger partial charge in [-0.15, -0.1) is 0 Å². The number of carbonyl (C=O) groups excluding carboxylic acids is 1. The largest absolute Gasteiger partial charge is 0.480 e. The highest BCUT2D eigenvalue weighted by molar-refractivity contribution is 6.32. The Hall–Kier alpha value is -2.12. The van der Waals surface area contributed by atoms with Gasteiger partial charge in [0, 0.05) is 44.1 Å². The van der Waals surface area contributed by atoms with Crippen molar-refractivity contribution < 1.29 is 14.3 Å². The van der Waals surface area contributed by atoms with Gasteiger partial charge in [-0.1, -0.05) is 11.6 Å². The number of pyridine rings is 1. The highest BCUT2D eigenvalue weighted by Gasteiger charge is 2.30. The molecule has 7 nitrogen and oxygen atoms in total. The molecular weight excluding hydrogens is 332 g/mol. The van der Waals surface area contributed by atoms with Crippen molar-refractivity contribution in [2.24, 2.45) is 13.0 Å². The summed E-state index contributed by atoms with van der Waals surface area (Å²) in [7, 11) is 3.35. The monoisotopic (exact) mass is 350 g/mol. The van der Waals surface area contributed by atoms with Crippen molar-refractivity contribution >= 4 is 17.5 Å². The smallest absolute Gasteiger partial charge is 0.252 e. The molecule has 1 fully saturated rings. The molecule has 3 rings (SSSR count). The molecule has 0 aliphatic carbocycles. The second-order valence-electron chi connectivity index (χ2n) is 5.71. The van der Waals surface area contributed by atoms with Crippen LogP contribution >= 0.6 is 11.6 Å². The Labute approximate surface area is 144 Å². The van der Waals surface area contributed by atoms with Crippen molar-refractivity contribution in [2.45, 2.75) is 12.5 Å². The van der Waals surface area contributed by atoms with Crippen molar-refractivity contribution in [3.05, 3.63) is 40.8 Å². The summed E-state index contributed by atoms with van der Waals surface area (Å²) in [6, 6.07) is 1.55. The molecule has 1 amide bonds. The zero-order valence-electron chi connectivity index (χ0n) is 13.5. The number of nitrogens with zero attached hydrogens (tertiary/aromatic N) is 3. The molecule has 0 unspecified atom stereocenters. The van der Waals surface area contributed by atoms with Crippen LogP contribution in [-0.2, 0) is 11.8 Å². The topological polar surface area (TPSA) is 78.3 Å². The van der Waals surface area contributed by atoms with Crippen LogP contribution in [0.1, 0.15) is 28.4 Å². The molecule has 24 heavy (non-hydrogen) atoms. The first-order chi connectivity index (χ1) is 11.6. The van der Waals surface area contributed by atoms with E-state index in [1.165, 1.54) is 13.3 Å². The van der Waals surface area contributed by atoms with Crippen molar-refractivity contribution in [1.29, 1.82) is 0 Å². The molecule has 0 radical (unpaired) electrons. The number of hydrogen-bond acceptors (Lipinski definition) is 5. The Morgan fingerprint density at radius 2 is 2.38 bits per heavy atom. The first-order valence-electron chi connectivity index (χ1n) is 7.66. The van der Waals surface area contributed by atoms with E-state index in [4.69, 9.17) is 21.1 Å². The fourth-order valence-electron chi connectivity index (χ4n) is 2.82. The zero-order chi connectivity index (χ0) is 17.1. The molecule has 0 bridgehead atoms.